The molecule has 0 spiro atoms. The highest BCUT2D eigenvalue weighted by molar-refractivity contribution is 4.97. The molecule has 1 aliphatic heterocycles. The molecule has 1 atom stereocenters. The molecule has 58 valence electrons. The van der Waals surface area contributed by atoms with Gasteiger partial charge in [-0.05, 0) is 12.3 Å². The van der Waals surface area contributed by atoms with Crippen molar-refractivity contribution in [1.82, 2.24) is 0 Å². The summed E-state index contributed by atoms with van der Waals surface area (Å²) in [5.41, 5.74) is 0.260. The summed E-state index contributed by atoms with van der Waals surface area (Å²) in [6, 6.07) is 0. The van der Waals surface area contributed by atoms with Crippen LogP contribution in [0.5, 0.6) is 0 Å². The fourth-order valence-electron chi connectivity index (χ4n) is 1.07. The lowest BCUT2D eigenvalue weighted by Gasteiger charge is -2.29. The smallest absolute Gasteiger partial charge is 0.159 e. The molecule has 0 aromatic rings. The van der Waals surface area contributed by atoms with E-state index in [2.05, 4.69) is 44.8 Å². The van der Waals surface area contributed by atoms with Crippen molar-refractivity contribution in [3.8, 4) is 0 Å². The first-order valence-electron chi connectivity index (χ1n) is 3.80. The van der Waals surface area contributed by atoms with Crippen molar-refractivity contribution in [3.05, 3.63) is 0 Å². The second-order valence-corrected chi connectivity index (χ2v) is 4.38. The molecular formula is C8H16N2. The van der Waals surface area contributed by atoms with Gasteiger partial charge >= 0.3 is 0 Å². The molecule has 1 aliphatic rings. The van der Waals surface area contributed by atoms with Gasteiger partial charge in [0, 0.05) is 5.92 Å². The Morgan fingerprint density at radius 3 is 1.70 bits per heavy atom. The van der Waals surface area contributed by atoms with Crippen LogP contribution in [0, 0.1) is 11.3 Å². The molecule has 0 N–H and O–H groups in total. The second kappa shape index (κ2) is 1.80. The lowest BCUT2D eigenvalue weighted by molar-refractivity contribution is 0.206. The molecule has 1 heterocycles. The SMILES string of the molecule is C[C@H](C(C)(C)C)C1(C)N=N1. The van der Waals surface area contributed by atoms with E-state index in [9.17, 15) is 0 Å². The highest BCUT2D eigenvalue weighted by Gasteiger charge is 2.45. The summed E-state index contributed by atoms with van der Waals surface area (Å²) >= 11 is 0. The predicted molar refractivity (Wildman–Crippen MR) is 41.9 cm³/mol. The standard InChI is InChI=1S/C8H16N2/c1-6(7(2,3)4)8(5)9-10-8/h6H,1-5H3/t6-/m1/s1. The molecule has 0 aliphatic carbocycles. The first-order chi connectivity index (χ1) is 4.36. The maximum atomic E-state index is 4.03. The van der Waals surface area contributed by atoms with E-state index in [0.717, 1.165) is 0 Å². The molecule has 0 radical (unpaired) electrons. The third-order valence-corrected chi connectivity index (χ3v) is 2.53. The maximum absolute atomic E-state index is 4.03. The Morgan fingerprint density at radius 2 is 1.60 bits per heavy atom. The topological polar surface area (TPSA) is 24.7 Å². The largest absolute Gasteiger partial charge is 0.191 e. The Hall–Kier alpha value is -0.400. The number of hydrogen-bond donors (Lipinski definition) is 0. The second-order valence-electron chi connectivity index (χ2n) is 4.38. The molecule has 1 rings (SSSR count). The van der Waals surface area contributed by atoms with Gasteiger partial charge in [0.2, 0.25) is 0 Å². The van der Waals surface area contributed by atoms with Crippen LogP contribution in [-0.4, -0.2) is 5.66 Å². The first kappa shape index (κ1) is 7.70. The molecule has 0 aromatic carbocycles. The highest BCUT2D eigenvalue weighted by Crippen LogP contribution is 2.44. The molecule has 2 heteroatoms. The van der Waals surface area contributed by atoms with E-state index in [1.807, 2.05) is 0 Å². The van der Waals surface area contributed by atoms with Crippen molar-refractivity contribution in [2.75, 3.05) is 0 Å². The van der Waals surface area contributed by atoms with Crippen molar-refractivity contribution in [3.63, 3.8) is 0 Å². The minimum Gasteiger partial charge on any atom is -0.159 e. The molecular weight excluding hydrogens is 124 g/mol. The Balaban J connectivity index is 2.58. The van der Waals surface area contributed by atoms with Crippen LogP contribution in [0.1, 0.15) is 34.6 Å². The number of hydrogen-bond acceptors (Lipinski definition) is 2. The van der Waals surface area contributed by atoms with Crippen LogP contribution in [0.25, 0.3) is 0 Å². The number of nitrogens with zero attached hydrogens (tertiary/aromatic N) is 2. The molecule has 0 amide bonds. The van der Waals surface area contributed by atoms with Gasteiger partial charge in [0.25, 0.3) is 0 Å². The lowest BCUT2D eigenvalue weighted by Crippen LogP contribution is -2.29. The Morgan fingerprint density at radius 1 is 1.20 bits per heavy atom. The summed E-state index contributed by atoms with van der Waals surface area (Å²) in [6.45, 7) is 11.0. The molecule has 0 aromatic heterocycles. The summed E-state index contributed by atoms with van der Waals surface area (Å²) in [7, 11) is 0. The highest BCUT2D eigenvalue weighted by atomic mass is 15.4. The summed E-state index contributed by atoms with van der Waals surface area (Å²) in [6.07, 6.45) is 0. The van der Waals surface area contributed by atoms with E-state index < -0.39 is 0 Å². The van der Waals surface area contributed by atoms with Crippen molar-refractivity contribution in [2.24, 2.45) is 21.6 Å². The minimum absolute atomic E-state index is 0.0573. The van der Waals surface area contributed by atoms with E-state index in [0.29, 0.717) is 11.3 Å². The molecule has 0 unspecified atom stereocenters. The quantitative estimate of drug-likeness (QED) is 0.535. The third-order valence-electron chi connectivity index (χ3n) is 2.53. The summed E-state index contributed by atoms with van der Waals surface area (Å²) < 4.78 is 0. The molecule has 2 nitrogen and oxygen atoms in total. The molecule has 0 fully saturated rings. The Labute approximate surface area is 62.7 Å². The van der Waals surface area contributed by atoms with Crippen LogP contribution in [0.15, 0.2) is 10.2 Å². The summed E-state index contributed by atoms with van der Waals surface area (Å²) in [5.74, 6) is 0.542. The fraction of sp³-hybridized carbons (Fsp3) is 1.00. The average molecular weight is 140 g/mol. The zero-order valence-electron chi connectivity index (χ0n) is 7.47. The van der Waals surface area contributed by atoms with Crippen LogP contribution >= 0.6 is 0 Å². The summed E-state index contributed by atoms with van der Waals surface area (Å²) in [4.78, 5) is 0. The molecule has 10 heavy (non-hydrogen) atoms. The van der Waals surface area contributed by atoms with Crippen molar-refractivity contribution in [2.45, 2.75) is 40.3 Å². The maximum Gasteiger partial charge on any atom is 0.191 e. The van der Waals surface area contributed by atoms with Crippen molar-refractivity contribution < 1.29 is 0 Å². The van der Waals surface area contributed by atoms with Crippen LogP contribution < -0.4 is 0 Å². The fourth-order valence-corrected chi connectivity index (χ4v) is 1.07. The number of rotatable bonds is 1. The van der Waals surface area contributed by atoms with Gasteiger partial charge in [-0.2, -0.15) is 10.2 Å². The van der Waals surface area contributed by atoms with Gasteiger partial charge in [-0.25, -0.2) is 0 Å². The van der Waals surface area contributed by atoms with Crippen molar-refractivity contribution >= 4 is 0 Å². The minimum atomic E-state index is -0.0573. The zero-order chi connectivity index (χ0) is 7.99. The molecule has 0 bridgehead atoms. The van der Waals surface area contributed by atoms with E-state index in [-0.39, 0.29) is 5.66 Å². The van der Waals surface area contributed by atoms with Gasteiger partial charge < -0.3 is 0 Å². The average Bonchev–Trinajstić information content (AvgIpc) is 2.45. The van der Waals surface area contributed by atoms with Crippen LogP contribution in [0.2, 0.25) is 0 Å². The first-order valence-corrected chi connectivity index (χ1v) is 3.80. The lowest BCUT2D eigenvalue weighted by atomic mass is 9.76. The van der Waals surface area contributed by atoms with Gasteiger partial charge in [0.15, 0.2) is 5.66 Å². The van der Waals surface area contributed by atoms with Gasteiger partial charge in [-0.1, -0.05) is 27.7 Å². The van der Waals surface area contributed by atoms with E-state index in [1.165, 1.54) is 0 Å². The van der Waals surface area contributed by atoms with Crippen molar-refractivity contribution in [1.29, 1.82) is 0 Å². The Bertz CT molecular complexity index is 153. The molecule has 0 saturated heterocycles. The van der Waals surface area contributed by atoms with Crippen LogP contribution in [0.4, 0.5) is 0 Å². The van der Waals surface area contributed by atoms with Gasteiger partial charge in [0.1, 0.15) is 0 Å². The Kier molecular flexibility index (Phi) is 1.39. The van der Waals surface area contributed by atoms with Gasteiger partial charge in [-0.15, -0.1) is 0 Å². The van der Waals surface area contributed by atoms with E-state index in [1.54, 1.807) is 0 Å². The normalized spacial score (nSPS) is 24.5. The third kappa shape index (κ3) is 1.20. The van der Waals surface area contributed by atoms with Crippen LogP contribution in [0.3, 0.4) is 0 Å². The van der Waals surface area contributed by atoms with Gasteiger partial charge in [-0.3, -0.25) is 0 Å². The van der Waals surface area contributed by atoms with E-state index in [4.69, 9.17) is 0 Å². The van der Waals surface area contributed by atoms with Crippen LogP contribution in [-0.2, 0) is 0 Å². The zero-order valence-corrected chi connectivity index (χ0v) is 7.47. The van der Waals surface area contributed by atoms with E-state index >= 15 is 0 Å². The predicted octanol–water partition coefficient (Wildman–Crippen LogP) is 2.85. The molecule has 0 saturated carbocycles. The summed E-state index contributed by atoms with van der Waals surface area (Å²) in [5, 5.41) is 8.05. The van der Waals surface area contributed by atoms with Gasteiger partial charge in [0.05, 0.1) is 0 Å². The monoisotopic (exact) mass is 140 g/mol.